The average Bonchev–Trinajstić information content (AvgIpc) is 3.36. The Labute approximate surface area is 167 Å². The number of anilines is 1. The molecule has 0 unspecified atom stereocenters. The molecule has 2 aromatic rings. The van der Waals surface area contributed by atoms with Crippen molar-refractivity contribution in [3.63, 3.8) is 0 Å². The lowest BCUT2D eigenvalue weighted by Gasteiger charge is -2.12. The first-order valence-electron chi connectivity index (χ1n) is 8.87. The van der Waals surface area contributed by atoms with Crippen LogP contribution in [0.2, 0.25) is 5.02 Å². The number of benzene rings is 1. The molecular weight excluding hydrogens is 378 g/mol. The topological polar surface area (TPSA) is 73.6 Å². The van der Waals surface area contributed by atoms with Gasteiger partial charge < -0.3 is 10.6 Å². The molecule has 2 N–H and O–H groups in total. The molecule has 136 valence electrons. The zero-order chi connectivity index (χ0) is 18.6. The Morgan fingerprint density at radius 3 is 2.74 bits per heavy atom. The van der Waals surface area contributed by atoms with E-state index in [0.29, 0.717) is 28.3 Å². The van der Waals surface area contributed by atoms with Crippen LogP contribution in [0.15, 0.2) is 47.0 Å². The normalized spacial score (nSPS) is 18.6. The highest BCUT2D eigenvalue weighted by Gasteiger charge is 2.20. The van der Waals surface area contributed by atoms with E-state index >= 15 is 0 Å². The number of aromatic nitrogens is 2. The highest BCUT2D eigenvalue weighted by molar-refractivity contribution is 8.06. The Balaban J connectivity index is 1.55. The fourth-order valence-corrected chi connectivity index (χ4v) is 4.23. The number of hydrogen-bond acceptors (Lipinski definition) is 6. The quantitative estimate of drug-likeness (QED) is 0.708. The summed E-state index contributed by atoms with van der Waals surface area (Å²) in [5.41, 5.74) is 3.09. The second kappa shape index (κ2) is 8.03. The fourth-order valence-electron chi connectivity index (χ4n) is 3.23. The van der Waals surface area contributed by atoms with Gasteiger partial charge in [-0.15, -0.1) is 0 Å². The molecule has 1 aliphatic carbocycles. The van der Waals surface area contributed by atoms with Gasteiger partial charge in [0, 0.05) is 22.7 Å². The van der Waals surface area contributed by atoms with Crippen LogP contribution in [0.1, 0.15) is 36.9 Å². The van der Waals surface area contributed by atoms with E-state index < -0.39 is 0 Å². The van der Waals surface area contributed by atoms with Gasteiger partial charge in [0.1, 0.15) is 11.6 Å². The number of thioether (sulfide) groups is 1. The van der Waals surface area contributed by atoms with Crippen LogP contribution in [-0.4, -0.2) is 16.0 Å². The molecule has 1 aromatic heterocycles. The molecule has 4 rings (SSSR count). The second-order valence-corrected chi connectivity index (χ2v) is 7.80. The minimum absolute atomic E-state index is 0.426. The smallest absolute Gasteiger partial charge is 0.223 e. The largest absolute Gasteiger partial charge is 0.351 e. The van der Waals surface area contributed by atoms with Crippen LogP contribution in [0.5, 0.6) is 0 Å². The van der Waals surface area contributed by atoms with E-state index in [1.165, 1.54) is 24.6 Å². The van der Waals surface area contributed by atoms with Crippen molar-refractivity contribution in [1.82, 2.24) is 15.3 Å². The molecule has 0 bridgehead atoms. The summed E-state index contributed by atoms with van der Waals surface area (Å²) in [7, 11) is 0. The average molecular weight is 396 g/mol. The van der Waals surface area contributed by atoms with Crippen LogP contribution in [0, 0.1) is 11.3 Å². The molecule has 1 aromatic carbocycles. The molecule has 7 heteroatoms. The van der Waals surface area contributed by atoms with Gasteiger partial charge in [0.25, 0.3) is 0 Å². The third-order valence-corrected chi connectivity index (χ3v) is 5.78. The van der Waals surface area contributed by atoms with Crippen molar-refractivity contribution >= 4 is 40.6 Å². The second-order valence-electron chi connectivity index (χ2n) is 6.49. The maximum atomic E-state index is 9.73. The van der Waals surface area contributed by atoms with Gasteiger partial charge in [-0.2, -0.15) is 5.26 Å². The van der Waals surface area contributed by atoms with E-state index in [-0.39, 0.29) is 0 Å². The van der Waals surface area contributed by atoms with E-state index in [0.717, 1.165) is 29.1 Å². The van der Waals surface area contributed by atoms with E-state index in [4.69, 9.17) is 11.6 Å². The van der Waals surface area contributed by atoms with Gasteiger partial charge in [-0.1, -0.05) is 48.3 Å². The zero-order valence-corrected chi connectivity index (χ0v) is 16.1. The molecular formula is C20H18ClN5S. The molecule has 5 nitrogen and oxygen atoms in total. The lowest BCUT2D eigenvalue weighted by atomic mass is 10.1. The maximum absolute atomic E-state index is 9.73. The fraction of sp³-hybridized carbons (Fsp3) is 0.250. The molecule has 0 amide bonds. The van der Waals surface area contributed by atoms with Crippen molar-refractivity contribution in [3.8, 4) is 6.07 Å². The monoisotopic (exact) mass is 395 g/mol. The van der Waals surface area contributed by atoms with Gasteiger partial charge in [0.2, 0.25) is 5.95 Å². The Bertz CT molecular complexity index is 940. The maximum Gasteiger partial charge on any atom is 0.223 e. The minimum Gasteiger partial charge on any atom is -0.351 e. The lowest BCUT2D eigenvalue weighted by molar-refractivity contribution is 0.743. The molecule has 1 fully saturated rings. The molecule has 0 spiro atoms. The van der Waals surface area contributed by atoms with Gasteiger partial charge in [-0.3, -0.25) is 0 Å². The van der Waals surface area contributed by atoms with Crippen molar-refractivity contribution in [3.05, 3.63) is 63.2 Å². The predicted octanol–water partition coefficient (Wildman–Crippen LogP) is 5.01. The Hall–Kier alpha value is -2.49. The van der Waals surface area contributed by atoms with Crippen molar-refractivity contribution in [2.24, 2.45) is 0 Å². The van der Waals surface area contributed by atoms with Crippen LogP contribution in [-0.2, 0) is 0 Å². The zero-order valence-electron chi connectivity index (χ0n) is 14.6. The summed E-state index contributed by atoms with van der Waals surface area (Å²) in [5.74, 6) is 0.585. The number of nitriles is 1. The van der Waals surface area contributed by atoms with E-state index in [1.54, 1.807) is 12.3 Å². The summed E-state index contributed by atoms with van der Waals surface area (Å²) in [5, 5.41) is 19.9. The summed E-state index contributed by atoms with van der Waals surface area (Å²) < 4.78 is 0. The van der Waals surface area contributed by atoms with Crippen molar-refractivity contribution in [2.75, 3.05) is 5.32 Å². The van der Waals surface area contributed by atoms with Gasteiger partial charge in [-0.05, 0) is 36.6 Å². The van der Waals surface area contributed by atoms with E-state index in [2.05, 4.69) is 26.7 Å². The molecule has 1 saturated carbocycles. The molecule has 2 heterocycles. The summed E-state index contributed by atoms with van der Waals surface area (Å²) in [6, 6.07) is 12.1. The molecule has 0 saturated heterocycles. The number of allylic oxidation sites excluding steroid dienone is 1. The molecule has 0 radical (unpaired) electrons. The molecule has 2 aliphatic rings. The SMILES string of the molecule is N#C/C(=C1\NC(c2ccc(Cl)cc2)=CS1)c1ccnc(NC2CCCC2)n1. The van der Waals surface area contributed by atoms with Crippen molar-refractivity contribution in [2.45, 2.75) is 31.7 Å². The number of nitrogens with zero attached hydrogens (tertiary/aromatic N) is 3. The number of rotatable bonds is 4. The number of halogens is 1. The first-order valence-corrected chi connectivity index (χ1v) is 10.1. The van der Waals surface area contributed by atoms with Crippen LogP contribution in [0.3, 0.4) is 0 Å². The van der Waals surface area contributed by atoms with E-state index in [9.17, 15) is 5.26 Å². The van der Waals surface area contributed by atoms with Gasteiger partial charge in [0.15, 0.2) is 0 Å². The Kier molecular flexibility index (Phi) is 5.33. The Morgan fingerprint density at radius 2 is 2.00 bits per heavy atom. The van der Waals surface area contributed by atoms with Crippen LogP contribution < -0.4 is 10.6 Å². The predicted molar refractivity (Wildman–Crippen MR) is 111 cm³/mol. The standard InChI is InChI=1S/C20H18ClN5S/c21-14-7-5-13(6-8-14)18-12-27-19(25-18)16(11-22)17-9-10-23-20(26-17)24-15-3-1-2-4-15/h5-10,12,15,25H,1-4H2,(H,23,24,26)/b19-16-. The Morgan fingerprint density at radius 1 is 1.22 bits per heavy atom. The molecule has 1 aliphatic heterocycles. The lowest BCUT2D eigenvalue weighted by Crippen LogP contribution is -2.17. The van der Waals surface area contributed by atoms with Gasteiger partial charge >= 0.3 is 0 Å². The summed E-state index contributed by atoms with van der Waals surface area (Å²) in [4.78, 5) is 8.87. The third-order valence-electron chi connectivity index (χ3n) is 4.64. The third kappa shape index (κ3) is 4.10. The number of hydrogen-bond donors (Lipinski definition) is 2. The van der Waals surface area contributed by atoms with E-state index in [1.807, 2.05) is 29.7 Å². The highest BCUT2D eigenvalue weighted by atomic mass is 35.5. The molecule has 27 heavy (non-hydrogen) atoms. The van der Waals surface area contributed by atoms with Crippen LogP contribution in [0.4, 0.5) is 5.95 Å². The van der Waals surface area contributed by atoms with Crippen LogP contribution in [0.25, 0.3) is 11.3 Å². The first-order chi connectivity index (χ1) is 13.2. The van der Waals surface area contributed by atoms with Gasteiger partial charge in [-0.25, -0.2) is 9.97 Å². The van der Waals surface area contributed by atoms with Crippen LogP contribution >= 0.6 is 23.4 Å². The summed E-state index contributed by atoms with van der Waals surface area (Å²) >= 11 is 7.44. The molecule has 0 atom stereocenters. The highest BCUT2D eigenvalue weighted by Crippen LogP contribution is 2.35. The van der Waals surface area contributed by atoms with Crippen molar-refractivity contribution in [1.29, 1.82) is 5.26 Å². The number of nitrogens with one attached hydrogen (secondary N) is 2. The summed E-state index contributed by atoms with van der Waals surface area (Å²) in [6.45, 7) is 0. The van der Waals surface area contributed by atoms with Gasteiger partial charge in [0.05, 0.1) is 16.4 Å². The first kappa shape index (κ1) is 17.9. The summed E-state index contributed by atoms with van der Waals surface area (Å²) in [6.07, 6.45) is 6.47. The minimum atomic E-state index is 0.426. The van der Waals surface area contributed by atoms with Crippen molar-refractivity contribution < 1.29 is 0 Å².